The molecule has 0 fully saturated rings. The highest BCUT2D eigenvalue weighted by atomic mass is 16.5. The van der Waals surface area contributed by atoms with E-state index >= 15 is 0 Å². The molecule has 0 unspecified atom stereocenters. The Balaban J connectivity index is 2.21. The summed E-state index contributed by atoms with van der Waals surface area (Å²) in [5, 5.41) is 4.80. The van der Waals surface area contributed by atoms with Gasteiger partial charge in [-0.25, -0.2) is 9.67 Å². The molecule has 6 nitrogen and oxygen atoms in total. The van der Waals surface area contributed by atoms with Gasteiger partial charge in [-0.2, -0.15) is 5.10 Å². The maximum absolute atomic E-state index is 12.4. The second-order valence-electron chi connectivity index (χ2n) is 5.67. The van der Waals surface area contributed by atoms with Crippen molar-refractivity contribution in [3.05, 3.63) is 39.8 Å². The van der Waals surface area contributed by atoms with Gasteiger partial charge in [0.2, 0.25) is 0 Å². The minimum atomic E-state index is -0.183. The van der Waals surface area contributed by atoms with Crippen LogP contribution in [-0.2, 0) is 7.05 Å². The molecule has 120 valence electrons. The van der Waals surface area contributed by atoms with Gasteiger partial charge in [-0.1, -0.05) is 13.0 Å². The predicted octanol–water partition coefficient (Wildman–Crippen LogP) is 2.73. The highest BCUT2D eigenvalue weighted by molar-refractivity contribution is 5.79. The molecule has 0 saturated heterocycles. The Kier molecular flexibility index (Phi) is 3.90. The van der Waals surface area contributed by atoms with Crippen LogP contribution in [0.3, 0.4) is 0 Å². The van der Waals surface area contributed by atoms with Crippen molar-refractivity contribution in [3.63, 3.8) is 0 Å². The van der Waals surface area contributed by atoms with Crippen molar-refractivity contribution >= 4 is 11.0 Å². The number of aromatic nitrogens is 4. The van der Waals surface area contributed by atoms with Crippen LogP contribution in [0, 0.1) is 13.8 Å². The molecule has 0 amide bonds. The third-order valence-corrected chi connectivity index (χ3v) is 3.72. The Labute approximate surface area is 134 Å². The first-order chi connectivity index (χ1) is 11.0. The smallest absolute Gasteiger partial charge is 0.262 e. The summed E-state index contributed by atoms with van der Waals surface area (Å²) in [5.41, 5.74) is 2.94. The topological polar surface area (TPSA) is 72.8 Å². The molecule has 2 heterocycles. The number of rotatable bonds is 4. The van der Waals surface area contributed by atoms with E-state index in [1.165, 1.54) is 0 Å². The predicted molar refractivity (Wildman–Crippen MR) is 89.8 cm³/mol. The van der Waals surface area contributed by atoms with Gasteiger partial charge in [-0.05, 0) is 38.0 Å². The molecule has 6 heteroatoms. The molecule has 0 aliphatic rings. The lowest BCUT2D eigenvalue weighted by molar-refractivity contribution is 0.318. The summed E-state index contributed by atoms with van der Waals surface area (Å²) in [6, 6.07) is 5.87. The molecule has 0 spiro atoms. The lowest BCUT2D eigenvalue weighted by Crippen LogP contribution is -2.11. The first-order valence-electron chi connectivity index (χ1n) is 7.68. The van der Waals surface area contributed by atoms with E-state index in [2.05, 4.69) is 22.0 Å². The minimum Gasteiger partial charge on any atom is -0.493 e. The number of aromatic amines is 1. The van der Waals surface area contributed by atoms with Crippen LogP contribution in [0.5, 0.6) is 5.75 Å². The maximum atomic E-state index is 12.4. The van der Waals surface area contributed by atoms with Gasteiger partial charge in [-0.15, -0.1) is 0 Å². The summed E-state index contributed by atoms with van der Waals surface area (Å²) in [4.78, 5) is 19.9. The van der Waals surface area contributed by atoms with E-state index in [1.807, 2.05) is 25.1 Å². The van der Waals surface area contributed by atoms with E-state index in [0.29, 0.717) is 29.2 Å². The van der Waals surface area contributed by atoms with Crippen LogP contribution in [0.1, 0.15) is 24.6 Å². The number of nitrogens with one attached hydrogen (secondary N) is 1. The van der Waals surface area contributed by atoms with E-state index < -0.39 is 0 Å². The number of hydrogen-bond acceptors (Lipinski definition) is 4. The van der Waals surface area contributed by atoms with Crippen LogP contribution >= 0.6 is 0 Å². The van der Waals surface area contributed by atoms with Crippen LogP contribution in [0.15, 0.2) is 23.0 Å². The first kappa shape index (κ1) is 15.3. The molecule has 3 aromatic rings. The van der Waals surface area contributed by atoms with E-state index in [-0.39, 0.29) is 5.56 Å². The van der Waals surface area contributed by atoms with Gasteiger partial charge in [0, 0.05) is 7.05 Å². The Morgan fingerprint density at radius 3 is 2.83 bits per heavy atom. The summed E-state index contributed by atoms with van der Waals surface area (Å²) >= 11 is 0. The van der Waals surface area contributed by atoms with Crippen LogP contribution in [-0.4, -0.2) is 26.4 Å². The standard InChI is InChI=1S/C17H20N4O2/c1-5-8-23-13-9-10(2)6-7-12(13)15-18-16-14(17(22)19-15)11(3)20-21(16)4/h6-7,9H,5,8H2,1-4H3,(H,18,19,22). The third-order valence-electron chi connectivity index (χ3n) is 3.72. The zero-order valence-electron chi connectivity index (χ0n) is 13.8. The highest BCUT2D eigenvalue weighted by Crippen LogP contribution is 2.29. The summed E-state index contributed by atoms with van der Waals surface area (Å²) < 4.78 is 7.45. The quantitative estimate of drug-likeness (QED) is 0.804. The molecule has 0 saturated carbocycles. The van der Waals surface area contributed by atoms with Crippen LogP contribution < -0.4 is 10.3 Å². The Hall–Kier alpha value is -2.63. The number of nitrogens with zero attached hydrogens (tertiary/aromatic N) is 3. The molecular weight excluding hydrogens is 292 g/mol. The zero-order valence-corrected chi connectivity index (χ0v) is 13.8. The molecule has 1 N–H and O–H groups in total. The first-order valence-corrected chi connectivity index (χ1v) is 7.68. The fraction of sp³-hybridized carbons (Fsp3) is 0.353. The molecule has 0 bridgehead atoms. The molecule has 0 aliphatic heterocycles. The number of aryl methyl sites for hydroxylation is 3. The van der Waals surface area contributed by atoms with Gasteiger partial charge in [0.15, 0.2) is 5.65 Å². The van der Waals surface area contributed by atoms with E-state index in [4.69, 9.17) is 4.74 Å². The van der Waals surface area contributed by atoms with Gasteiger partial charge >= 0.3 is 0 Å². The normalized spacial score (nSPS) is 11.1. The van der Waals surface area contributed by atoms with Crippen molar-refractivity contribution in [3.8, 4) is 17.1 Å². The van der Waals surface area contributed by atoms with Gasteiger partial charge in [-0.3, -0.25) is 4.79 Å². The van der Waals surface area contributed by atoms with Crippen molar-refractivity contribution < 1.29 is 4.74 Å². The fourth-order valence-electron chi connectivity index (χ4n) is 2.63. The molecule has 0 atom stereocenters. The van der Waals surface area contributed by atoms with Crippen molar-refractivity contribution in [2.45, 2.75) is 27.2 Å². The minimum absolute atomic E-state index is 0.183. The lowest BCUT2D eigenvalue weighted by atomic mass is 10.1. The molecule has 0 aliphatic carbocycles. The number of hydrogen-bond donors (Lipinski definition) is 1. The Bertz CT molecular complexity index is 924. The van der Waals surface area contributed by atoms with Crippen LogP contribution in [0.25, 0.3) is 22.4 Å². The molecule has 23 heavy (non-hydrogen) atoms. The van der Waals surface area contributed by atoms with Crippen LogP contribution in [0.2, 0.25) is 0 Å². The Morgan fingerprint density at radius 2 is 2.09 bits per heavy atom. The summed E-state index contributed by atoms with van der Waals surface area (Å²) in [5.74, 6) is 1.23. The Morgan fingerprint density at radius 1 is 1.30 bits per heavy atom. The third kappa shape index (κ3) is 2.72. The number of benzene rings is 1. The number of ether oxygens (including phenoxy) is 1. The van der Waals surface area contributed by atoms with Crippen molar-refractivity contribution in [1.82, 2.24) is 19.7 Å². The van der Waals surface area contributed by atoms with E-state index in [0.717, 1.165) is 23.3 Å². The van der Waals surface area contributed by atoms with Crippen LogP contribution in [0.4, 0.5) is 0 Å². The van der Waals surface area contributed by atoms with Gasteiger partial charge < -0.3 is 9.72 Å². The van der Waals surface area contributed by atoms with Crippen molar-refractivity contribution in [2.75, 3.05) is 6.61 Å². The van der Waals surface area contributed by atoms with E-state index in [1.54, 1.807) is 18.7 Å². The zero-order chi connectivity index (χ0) is 16.6. The highest BCUT2D eigenvalue weighted by Gasteiger charge is 2.15. The summed E-state index contributed by atoms with van der Waals surface area (Å²) in [7, 11) is 1.79. The van der Waals surface area contributed by atoms with E-state index in [9.17, 15) is 4.79 Å². The monoisotopic (exact) mass is 312 g/mol. The average Bonchev–Trinajstić information content (AvgIpc) is 2.80. The number of fused-ring (bicyclic) bond motifs is 1. The summed E-state index contributed by atoms with van der Waals surface area (Å²) in [6.07, 6.45) is 0.914. The van der Waals surface area contributed by atoms with Gasteiger partial charge in [0.05, 0.1) is 17.9 Å². The largest absolute Gasteiger partial charge is 0.493 e. The average molecular weight is 312 g/mol. The molecule has 3 rings (SSSR count). The second-order valence-corrected chi connectivity index (χ2v) is 5.67. The molecular formula is C17H20N4O2. The van der Waals surface area contributed by atoms with Gasteiger partial charge in [0.1, 0.15) is 17.0 Å². The molecule has 2 aromatic heterocycles. The lowest BCUT2D eigenvalue weighted by Gasteiger charge is -2.11. The fourth-order valence-corrected chi connectivity index (χ4v) is 2.63. The SMILES string of the molecule is CCCOc1cc(C)ccc1-c1nc2c(c(C)nn2C)c(=O)[nH]1. The van der Waals surface area contributed by atoms with Gasteiger partial charge in [0.25, 0.3) is 5.56 Å². The maximum Gasteiger partial charge on any atom is 0.262 e. The summed E-state index contributed by atoms with van der Waals surface area (Å²) in [6.45, 7) is 6.49. The van der Waals surface area contributed by atoms with Crippen molar-refractivity contribution in [2.24, 2.45) is 7.05 Å². The number of H-pyrrole nitrogens is 1. The van der Waals surface area contributed by atoms with Crippen molar-refractivity contribution in [1.29, 1.82) is 0 Å². The molecule has 0 radical (unpaired) electrons. The molecule has 1 aromatic carbocycles. The second kappa shape index (κ2) is 5.87.